The van der Waals surface area contributed by atoms with Crippen LogP contribution in [0.25, 0.3) is 0 Å². The van der Waals surface area contributed by atoms with Crippen LogP contribution in [-0.2, 0) is 0 Å². The van der Waals surface area contributed by atoms with E-state index in [0.29, 0.717) is 12.5 Å². The molecule has 0 aromatic heterocycles. The van der Waals surface area contributed by atoms with E-state index >= 15 is 0 Å². The molecule has 1 N–H and O–H groups in total. The van der Waals surface area contributed by atoms with Crippen molar-refractivity contribution in [3.63, 3.8) is 0 Å². The van der Waals surface area contributed by atoms with Crippen LogP contribution in [0.2, 0.25) is 0 Å². The van der Waals surface area contributed by atoms with Gasteiger partial charge in [0.1, 0.15) is 5.82 Å². The van der Waals surface area contributed by atoms with E-state index in [9.17, 15) is 9.18 Å². The van der Waals surface area contributed by atoms with Crippen molar-refractivity contribution >= 4 is 5.91 Å². The number of hydrogen-bond acceptors (Lipinski definition) is 1. The Balaban J connectivity index is 2.56. The Morgan fingerprint density at radius 1 is 1.37 bits per heavy atom. The highest BCUT2D eigenvalue weighted by Gasteiger charge is 2.13. The molecular formula is C16H24FNO. The molecule has 0 aliphatic rings. The van der Waals surface area contributed by atoms with E-state index in [2.05, 4.69) is 19.2 Å². The van der Waals surface area contributed by atoms with Gasteiger partial charge in [-0.15, -0.1) is 0 Å². The number of hydrogen-bond donors (Lipinski definition) is 1. The minimum atomic E-state index is -0.454. The number of carbonyl (C=O) groups is 1. The van der Waals surface area contributed by atoms with Gasteiger partial charge in [-0.3, -0.25) is 4.79 Å². The third kappa shape index (κ3) is 5.01. The second kappa shape index (κ2) is 7.93. The molecule has 0 heterocycles. The highest BCUT2D eigenvalue weighted by atomic mass is 19.1. The number of benzene rings is 1. The van der Waals surface area contributed by atoms with Gasteiger partial charge in [-0.2, -0.15) is 0 Å². The summed E-state index contributed by atoms with van der Waals surface area (Å²) in [5, 5.41) is 2.85. The molecule has 0 spiro atoms. The highest BCUT2D eigenvalue weighted by molar-refractivity contribution is 5.94. The topological polar surface area (TPSA) is 29.1 Å². The van der Waals surface area contributed by atoms with Gasteiger partial charge >= 0.3 is 0 Å². The van der Waals surface area contributed by atoms with Crippen LogP contribution in [0.1, 0.15) is 55.5 Å². The monoisotopic (exact) mass is 265 g/mol. The van der Waals surface area contributed by atoms with Gasteiger partial charge in [0.15, 0.2) is 0 Å². The largest absolute Gasteiger partial charge is 0.352 e. The summed E-state index contributed by atoms with van der Waals surface area (Å²) in [7, 11) is 0. The summed E-state index contributed by atoms with van der Waals surface area (Å²) >= 11 is 0. The summed E-state index contributed by atoms with van der Waals surface area (Å²) in [6.45, 7) is 6.77. The van der Waals surface area contributed by atoms with Crippen molar-refractivity contribution in [2.75, 3.05) is 6.54 Å². The van der Waals surface area contributed by atoms with Gasteiger partial charge in [0, 0.05) is 6.54 Å². The van der Waals surface area contributed by atoms with Crippen molar-refractivity contribution in [2.45, 2.75) is 46.5 Å². The number of halogens is 1. The summed E-state index contributed by atoms with van der Waals surface area (Å²) in [5.41, 5.74) is 1.04. The molecule has 0 aliphatic carbocycles. The first-order valence-electron chi connectivity index (χ1n) is 7.12. The predicted octanol–water partition coefficient (Wildman–Crippen LogP) is 4.08. The molecule has 106 valence electrons. The first kappa shape index (κ1) is 15.7. The molecule has 3 heteroatoms. The minimum absolute atomic E-state index is 0.144. The van der Waals surface area contributed by atoms with Crippen LogP contribution in [0, 0.1) is 18.7 Å². The number of rotatable bonds is 7. The molecule has 1 atom stereocenters. The summed E-state index contributed by atoms with van der Waals surface area (Å²) in [4.78, 5) is 12.0. The van der Waals surface area contributed by atoms with Gasteiger partial charge in [-0.25, -0.2) is 4.39 Å². The lowest BCUT2D eigenvalue weighted by atomic mass is 9.99. The Kier molecular flexibility index (Phi) is 6.54. The van der Waals surface area contributed by atoms with Crippen LogP contribution in [0.15, 0.2) is 18.2 Å². The third-order valence-corrected chi connectivity index (χ3v) is 3.46. The molecule has 0 aliphatic heterocycles. The number of nitrogens with one attached hydrogen (secondary N) is 1. The first-order chi connectivity index (χ1) is 9.08. The Labute approximate surface area is 115 Å². The summed E-state index contributed by atoms with van der Waals surface area (Å²) in [6.07, 6.45) is 4.49. The second-order valence-electron chi connectivity index (χ2n) is 5.11. The minimum Gasteiger partial charge on any atom is -0.352 e. The molecule has 19 heavy (non-hydrogen) atoms. The van der Waals surface area contributed by atoms with Crippen molar-refractivity contribution < 1.29 is 9.18 Å². The Hall–Kier alpha value is -1.38. The fourth-order valence-corrected chi connectivity index (χ4v) is 2.09. The van der Waals surface area contributed by atoms with Crippen molar-refractivity contribution in [1.82, 2.24) is 5.32 Å². The molecule has 2 nitrogen and oxygen atoms in total. The second-order valence-corrected chi connectivity index (χ2v) is 5.11. The van der Waals surface area contributed by atoms with Gasteiger partial charge < -0.3 is 5.32 Å². The van der Waals surface area contributed by atoms with E-state index in [-0.39, 0.29) is 11.5 Å². The lowest BCUT2D eigenvalue weighted by Crippen LogP contribution is -2.29. The van der Waals surface area contributed by atoms with Crippen molar-refractivity contribution in [3.8, 4) is 0 Å². The van der Waals surface area contributed by atoms with E-state index in [1.165, 1.54) is 12.5 Å². The van der Waals surface area contributed by atoms with Gasteiger partial charge in [-0.05, 0) is 31.4 Å². The SMILES string of the molecule is CCCCC(CC)CNC(=O)c1cc(C)ccc1F. The molecule has 1 amide bonds. The summed E-state index contributed by atoms with van der Waals surface area (Å²) < 4.78 is 13.6. The molecule has 1 aromatic rings. The van der Waals surface area contributed by atoms with Gasteiger partial charge in [0.25, 0.3) is 5.91 Å². The standard InChI is InChI=1S/C16H24FNO/c1-4-6-7-13(5-2)11-18-16(19)14-10-12(3)8-9-15(14)17/h8-10,13H,4-7,11H2,1-3H3,(H,18,19). The normalized spacial score (nSPS) is 12.2. The maximum absolute atomic E-state index is 13.6. The zero-order valence-electron chi connectivity index (χ0n) is 12.1. The smallest absolute Gasteiger partial charge is 0.254 e. The molecule has 0 fully saturated rings. The zero-order chi connectivity index (χ0) is 14.3. The Bertz CT molecular complexity index is 417. The maximum atomic E-state index is 13.6. The Morgan fingerprint density at radius 2 is 2.11 bits per heavy atom. The molecule has 1 aromatic carbocycles. The van der Waals surface area contributed by atoms with Gasteiger partial charge in [0.2, 0.25) is 0 Å². The predicted molar refractivity (Wildman–Crippen MR) is 76.8 cm³/mol. The number of carbonyl (C=O) groups excluding carboxylic acids is 1. The van der Waals surface area contributed by atoms with E-state index < -0.39 is 5.82 Å². The van der Waals surface area contributed by atoms with Gasteiger partial charge in [0.05, 0.1) is 5.56 Å². The van der Waals surface area contributed by atoms with Crippen molar-refractivity contribution in [2.24, 2.45) is 5.92 Å². The van der Waals surface area contributed by atoms with E-state index in [0.717, 1.165) is 24.8 Å². The summed E-state index contributed by atoms with van der Waals surface area (Å²) in [5.74, 6) is -0.280. The van der Waals surface area contributed by atoms with E-state index in [1.54, 1.807) is 12.1 Å². The molecule has 0 radical (unpaired) electrons. The van der Waals surface area contributed by atoms with Crippen LogP contribution < -0.4 is 5.32 Å². The molecular weight excluding hydrogens is 241 g/mol. The maximum Gasteiger partial charge on any atom is 0.254 e. The average molecular weight is 265 g/mol. The molecule has 0 saturated heterocycles. The fraction of sp³-hybridized carbons (Fsp3) is 0.562. The van der Waals surface area contributed by atoms with Crippen LogP contribution >= 0.6 is 0 Å². The number of amides is 1. The van der Waals surface area contributed by atoms with Crippen LogP contribution in [-0.4, -0.2) is 12.5 Å². The first-order valence-corrected chi connectivity index (χ1v) is 7.12. The van der Waals surface area contributed by atoms with Crippen molar-refractivity contribution in [3.05, 3.63) is 35.1 Å². The lowest BCUT2D eigenvalue weighted by molar-refractivity contribution is 0.0941. The molecule has 1 unspecified atom stereocenters. The Morgan fingerprint density at radius 3 is 2.74 bits per heavy atom. The highest BCUT2D eigenvalue weighted by Crippen LogP contribution is 2.13. The quantitative estimate of drug-likeness (QED) is 0.790. The number of aryl methyl sites for hydroxylation is 1. The van der Waals surface area contributed by atoms with E-state index in [4.69, 9.17) is 0 Å². The molecule has 1 rings (SSSR count). The van der Waals surface area contributed by atoms with Crippen LogP contribution in [0.4, 0.5) is 4.39 Å². The van der Waals surface area contributed by atoms with Crippen molar-refractivity contribution in [1.29, 1.82) is 0 Å². The lowest BCUT2D eigenvalue weighted by Gasteiger charge is -2.15. The molecule has 0 bridgehead atoms. The summed E-state index contributed by atoms with van der Waals surface area (Å²) in [6, 6.07) is 4.61. The zero-order valence-corrected chi connectivity index (χ0v) is 12.1. The van der Waals surface area contributed by atoms with E-state index in [1.807, 2.05) is 6.92 Å². The number of unbranched alkanes of at least 4 members (excludes halogenated alkanes) is 1. The molecule has 0 saturated carbocycles. The van der Waals surface area contributed by atoms with Gasteiger partial charge in [-0.1, -0.05) is 44.7 Å². The van der Waals surface area contributed by atoms with Crippen LogP contribution in [0.5, 0.6) is 0 Å². The fourth-order valence-electron chi connectivity index (χ4n) is 2.09. The van der Waals surface area contributed by atoms with Crippen LogP contribution in [0.3, 0.4) is 0 Å². The third-order valence-electron chi connectivity index (χ3n) is 3.46. The average Bonchev–Trinajstić information content (AvgIpc) is 2.41.